The molecule has 4 rings (SSSR count). The highest BCUT2D eigenvalue weighted by atomic mass is 35.5. The van der Waals surface area contributed by atoms with Crippen molar-refractivity contribution in [1.29, 1.82) is 0 Å². The molecule has 152 valence electrons. The number of aryl methyl sites for hydroxylation is 1. The van der Waals surface area contributed by atoms with Gasteiger partial charge in [0.2, 0.25) is 5.95 Å². The second-order valence-corrected chi connectivity index (χ2v) is 7.83. The molecule has 0 radical (unpaired) electrons. The lowest BCUT2D eigenvalue weighted by Gasteiger charge is -2.34. The number of halogens is 1. The van der Waals surface area contributed by atoms with Crippen LogP contribution in [0.1, 0.15) is 12.5 Å². The zero-order valence-corrected chi connectivity index (χ0v) is 17.0. The monoisotopic (exact) mass is 417 g/mol. The van der Waals surface area contributed by atoms with Crippen LogP contribution in [0.5, 0.6) is 0 Å². The largest absolute Gasteiger partial charge is 0.480 e. The summed E-state index contributed by atoms with van der Waals surface area (Å²) in [5.74, 6) is -0.544. The van der Waals surface area contributed by atoms with E-state index in [1.807, 2.05) is 30.0 Å². The predicted molar refractivity (Wildman–Crippen MR) is 109 cm³/mol. The first kappa shape index (κ1) is 19.3. The van der Waals surface area contributed by atoms with Crippen LogP contribution in [0.25, 0.3) is 11.2 Å². The molecule has 0 amide bonds. The Morgan fingerprint density at radius 3 is 2.72 bits per heavy atom. The van der Waals surface area contributed by atoms with E-state index in [1.165, 1.54) is 11.6 Å². The average Bonchev–Trinajstić information content (AvgIpc) is 3.04. The van der Waals surface area contributed by atoms with Gasteiger partial charge < -0.3 is 14.6 Å². The first-order chi connectivity index (χ1) is 13.7. The maximum absolute atomic E-state index is 13.0. The Labute approximate surface area is 170 Å². The van der Waals surface area contributed by atoms with Gasteiger partial charge in [0.15, 0.2) is 11.2 Å². The number of aromatic nitrogens is 4. The van der Waals surface area contributed by atoms with Crippen molar-refractivity contribution in [1.82, 2.24) is 18.7 Å². The van der Waals surface area contributed by atoms with Crippen molar-refractivity contribution in [3.63, 3.8) is 0 Å². The van der Waals surface area contributed by atoms with Crippen LogP contribution in [-0.4, -0.2) is 36.3 Å². The van der Waals surface area contributed by atoms with Gasteiger partial charge in [-0.25, -0.2) is 9.36 Å². The molecule has 0 fully saturated rings. The van der Waals surface area contributed by atoms with Crippen LogP contribution >= 0.6 is 11.6 Å². The van der Waals surface area contributed by atoms with Crippen LogP contribution in [0, 0.1) is 12.8 Å². The minimum absolute atomic E-state index is 0.183. The van der Waals surface area contributed by atoms with E-state index < -0.39 is 23.8 Å². The van der Waals surface area contributed by atoms with Gasteiger partial charge in [-0.1, -0.05) is 24.6 Å². The van der Waals surface area contributed by atoms with Crippen LogP contribution in [-0.2, 0) is 24.9 Å². The SMILES string of the molecule is Cc1c(Cl)cccc1N1CC(C)Cn2c1nc1c2c(=O)n(CC(=O)O)c(=O)n1C. The number of imidazole rings is 1. The third-order valence-electron chi connectivity index (χ3n) is 5.27. The van der Waals surface area contributed by atoms with Gasteiger partial charge >= 0.3 is 11.7 Å². The van der Waals surface area contributed by atoms with Crippen LogP contribution < -0.4 is 16.1 Å². The second-order valence-electron chi connectivity index (χ2n) is 7.42. The first-order valence-corrected chi connectivity index (χ1v) is 9.53. The summed E-state index contributed by atoms with van der Waals surface area (Å²) in [6.45, 7) is 4.47. The number of benzene rings is 1. The van der Waals surface area contributed by atoms with Gasteiger partial charge in [-0.2, -0.15) is 4.98 Å². The fraction of sp³-hybridized carbons (Fsp3) is 0.368. The lowest BCUT2D eigenvalue weighted by atomic mass is 10.1. The highest BCUT2D eigenvalue weighted by Crippen LogP contribution is 2.36. The Balaban J connectivity index is 2.04. The fourth-order valence-corrected chi connectivity index (χ4v) is 4.04. The van der Waals surface area contributed by atoms with Gasteiger partial charge in [-0.3, -0.25) is 14.2 Å². The van der Waals surface area contributed by atoms with Gasteiger partial charge in [0.25, 0.3) is 5.56 Å². The third kappa shape index (κ3) is 2.93. The van der Waals surface area contributed by atoms with Crippen molar-refractivity contribution in [2.45, 2.75) is 26.9 Å². The standard InChI is InChI=1S/C19H20ClN5O4/c1-10-7-23(13-6-4-5-12(20)11(13)2)18-21-16-15(24(18)8-10)17(28)25(9-14(26)27)19(29)22(16)3/h4-6,10H,7-9H2,1-3H3,(H,26,27). The molecule has 0 aliphatic carbocycles. The molecule has 1 N–H and O–H groups in total. The number of anilines is 2. The number of nitrogens with zero attached hydrogens (tertiary/aromatic N) is 5. The van der Waals surface area contributed by atoms with E-state index >= 15 is 0 Å². The van der Waals surface area contributed by atoms with Gasteiger partial charge in [-0.05, 0) is 30.5 Å². The summed E-state index contributed by atoms with van der Waals surface area (Å²) in [5.41, 5.74) is 0.852. The van der Waals surface area contributed by atoms with E-state index in [9.17, 15) is 14.4 Å². The van der Waals surface area contributed by atoms with E-state index in [-0.39, 0.29) is 17.1 Å². The number of hydrogen-bond acceptors (Lipinski definition) is 5. The van der Waals surface area contributed by atoms with E-state index in [1.54, 1.807) is 4.57 Å². The van der Waals surface area contributed by atoms with E-state index in [0.29, 0.717) is 24.1 Å². The summed E-state index contributed by atoms with van der Waals surface area (Å²) in [7, 11) is 1.49. The van der Waals surface area contributed by atoms with Crippen LogP contribution in [0.4, 0.5) is 11.6 Å². The molecule has 9 nitrogen and oxygen atoms in total. The average molecular weight is 418 g/mol. The molecular weight excluding hydrogens is 398 g/mol. The van der Waals surface area contributed by atoms with Gasteiger partial charge in [-0.15, -0.1) is 0 Å². The predicted octanol–water partition coefficient (Wildman–Crippen LogP) is 1.73. The number of aliphatic carboxylic acids is 1. The highest BCUT2D eigenvalue weighted by molar-refractivity contribution is 6.31. The topological polar surface area (TPSA) is 102 Å². The van der Waals surface area contributed by atoms with Gasteiger partial charge in [0.05, 0.1) is 0 Å². The Morgan fingerprint density at radius 1 is 1.31 bits per heavy atom. The fourth-order valence-electron chi connectivity index (χ4n) is 3.87. The molecule has 29 heavy (non-hydrogen) atoms. The number of fused-ring (bicyclic) bond motifs is 3. The number of carbonyl (C=O) groups is 1. The Morgan fingerprint density at radius 2 is 2.03 bits per heavy atom. The number of carboxylic acid groups (broad SMARTS) is 1. The normalized spacial score (nSPS) is 16.3. The van der Waals surface area contributed by atoms with Crippen molar-refractivity contribution in [3.05, 3.63) is 49.6 Å². The minimum Gasteiger partial charge on any atom is -0.480 e. The smallest absolute Gasteiger partial charge is 0.333 e. The Hall–Kier alpha value is -3.07. The maximum atomic E-state index is 13.0. The van der Waals surface area contributed by atoms with Gasteiger partial charge in [0, 0.05) is 30.8 Å². The second kappa shape index (κ2) is 6.77. The molecule has 1 aliphatic heterocycles. The van der Waals surface area contributed by atoms with E-state index in [2.05, 4.69) is 11.9 Å². The molecule has 10 heteroatoms. The third-order valence-corrected chi connectivity index (χ3v) is 5.67. The quantitative estimate of drug-likeness (QED) is 0.696. The highest BCUT2D eigenvalue weighted by Gasteiger charge is 2.30. The minimum atomic E-state index is -1.26. The Bertz CT molecular complexity index is 1270. The van der Waals surface area contributed by atoms with Crippen LogP contribution in [0.15, 0.2) is 27.8 Å². The molecule has 0 bridgehead atoms. The van der Waals surface area contributed by atoms with Crippen molar-refractivity contribution in [2.75, 3.05) is 11.4 Å². The van der Waals surface area contributed by atoms with Crippen molar-refractivity contribution in [2.24, 2.45) is 13.0 Å². The van der Waals surface area contributed by atoms with Crippen molar-refractivity contribution < 1.29 is 9.90 Å². The summed E-state index contributed by atoms with van der Waals surface area (Å²) < 4.78 is 3.72. The van der Waals surface area contributed by atoms with E-state index in [4.69, 9.17) is 16.7 Å². The molecule has 1 unspecified atom stereocenters. The molecule has 3 aromatic rings. The number of hydrogen-bond donors (Lipinski definition) is 1. The van der Waals surface area contributed by atoms with E-state index in [0.717, 1.165) is 15.8 Å². The molecule has 1 atom stereocenters. The van der Waals surface area contributed by atoms with Crippen molar-refractivity contribution in [3.8, 4) is 0 Å². The first-order valence-electron chi connectivity index (χ1n) is 9.15. The van der Waals surface area contributed by atoms with Crippen LogP contribution in [0.2, 0.25) is 5.02 Å². The lowest BCUT2D eigenvalue weighted by molar-refractivity contribution is -0.137. The summed E-state index contributed by atoms with van der Waals surface area (Å²) in [6.07, 6.45) is 0. The summed E-state index contributed by atoms with van der Waals surface area (Å²) in [4.78, 5) is 43.3. The summed E-state index contributed by atoms with van der Waals surface area (Å²) in [6, 6.07) is 5.60. The van der Waals surface area contributed by atoms with Crippen LogP contribution in [0.3, 0.4) is 0 Å². The molecule has 1 aromatic carbocycles. The zero-order chi connectivity index (χ0) is 21.0. The zero-order valence-electron chi connectivity index (χ0n) is 16.2. The molecule has 0 spiro atoms. The molecule has 3 heterocycles. The van der Waals surface area contributed by atoms with Crippen molar-refractivity contribution >= 4 is 40.4 Å². The molecule has 1 aliphatic rings. The van der Waals surface area contributed by atoms with Gasteiger partial charge in [0.1, 0.15) is 6.54 Å². The Kier molecular flexibility index (Phi) is 4.49. The summed E-state index contributed by atoms with van der Waals surface area (Å²) in [5, 5.41) is 9.73. The number of carboxylic acids is 1. The molecule has 0 saturated carbocycles. The number of rotatable bonds is 3. The lowest BCUT2D eigenvalue weighted by Crippen LogP contribution is -2.42. The maximum Gasteiger partial charge on any atom is 0.333 e. The molecular formula is C19H20ClN5O4. The summed E-state index contributed by atoms with van der Waals surface area (Å²) >= 11 is 6.31. The molecule has 0 saturated heterocycles. The molecule has 2 aromatic heterocycles.